The molecule has 0 aliphatic heterocycles. The van der Waals surface area contributed by atoms with E-state index in [-0.39, 0.29) is 0 Å². The van der Waals surface area contributed by atoms with Gasteiger partial charge in [0, 0.05) is 12.1 Å². The Morgan fingerprint density at radius 3 is 2.00 bits per heavy atom. The highest BCUT2D eigenvalue weighted by atomic mass is 19.3. The van der Waals surface area contributed by atoms with Gasteiger partial charge in [-0.2, -0.15) is 8.78 Å². The summed E-state index contributed by atoms with van der Waals surface area (Å²) >= 11 is 0. The molecule has 0 bridgehead atoms. The van der Waals surface area contributed by atoms with Crippen LogP contribution >= 0.6 is 0 Å². The number of primary amides is 1. The van der Waals surface area contributed by atoms with E-state index in [2.05, 4.69) is 4.98 Å². The molecule has 0 aliphatic rings. The molecule has 1 amide bonds. The first kappa shape index (κ1) is 20.7. The third kappa shape index (κ3) is 3.27. The van der Waals surface area contributed by atoms with E-state index < -0.39 is 23.0 Å². The number of fused-ring (bicyclic) bond motifs is 1. The summed E-state index contributed by atoms with van der Waals surface area (Å²) in [4.78, 5) is 15.9. The third-order valence-electron chi connectivity index (χ3n) is 5.44. The molecule has 3 aromatic carbocycles. The van der Waals surface area contributed by atoms with Crippen molar-refractivity contribution in [3.8, 4) is 0 Å². The fourth-order valence-corrected chi connectivity index (χ4v) is 3.84. The maximum atomic E-state index is 14.3. The fourth-order valence-electron chi connectivity index (χ4n) is 3.84. The number of benzene rings is 3. The van der Waals surface area contributed by atoms with Crippen molar-refractivity contribution in [3.05, 3.63) is 101 Å². The summed E-state index contributed by atoms with van der Waals surface area (Å²) < 4.78 is 30.2. The molecule has 0 fully saturated rings. The van der Waals surface area contributed by atoms with Gasteiger partial charge in [0.1, 0.15) is 0 Å². The molecule has 4 aromatic rings. The number of aliphatic hydroxyl groups is 1. The molecule has 4 rings (SSSR count). The molecule has 0 unspecified atom stereocenters. The number of aryl methyl sites for hydroxylation is 1. The summed E-state index contributed by atoms with van der Waals surface area (Å²) in [6.07, 6.45) is 0. The largest absolute Gasteiger partial charge is 0.373 e. The summed E-state index contributed by atoms with van der Waals surface area (Å²) in [5, 5.41) is 12.1. The predicted molar refractivity (Wildman–Crippen MR) is 113 cm³/mol. The van der Waals surface area contributed by atoms with E-state index in [1.807, 2.05) is 43.3 Å². The number of carbonyl (C=O) groups excluding carboxylic acids is 1. The molecule has 0 spiro atoms. The predicted octanol–water partition coefficient (Wildman–Crippen LogP) is 3.92. The van der Waals surface area contributed by atoms with Gasteiger partial charge in [0.15, 0.2) is 11.4 Å². The summed E-state index contributed by atoms with van der Waals surface area (Å²) in [6, 6.07) is 21.8. The van der Waals surface area contributed by atoms with Crippen molar-refractivity contribution in [2.45, 2.75) is 25.0 Å². The Kier molecular flexibility index (Phi) is 5.07. The van der Waals surface area contributed by atoms with E-state index in [9.17, 15) is 18.7 Å². The van der Waals surface area contributed by atoms with E-state index in [0.29, 0.717) is 34.5 Å². The van der Waals surface area contributed by atoms with Crippen LogP contribution in [0.3, 0.4) is 0 Å². The summed E-state index contributed by atoms with van der Waals surface area (Å²) in [5.74, 6) is -5.24. The smallest absolute Gasteiger partial charge is 0.349 e. The van der Waals surface area contributed by atoms with Crippen LogP contribution in [0.15, 0.2) is 78.9 Å². The Morgan fingerprint density at radius 1 is 0.968 bits per heavy atom. The first-order valence-electron chi connectivity index (χ1n) is 9.82. The SMILES string of the molecule is CCn1c(C(O)(c2ccccc2)c2ccccc2)nc2ccc(C(F)(F)C(N)=O)cc21. The molecule has 0 radical (unpaired) electrons. The Balaban J connectivity index is 2.01. The van der Waals surface area contributed by atoms with E-state index in [1.54, 1.807) is 28.8 Å². The summed E-state index contributed by atoms with van der Waals surface area (Å²) in [6.45, 7) is 2.19. The topological polar surface area (TPSA) is 81.1 Å². The quantitative estimate of drug-likeness (QED) is 0.495. The number of imidazole rings is 1. The molecule has 1 heterocycles. The van der Waals surface area contributed by atoms with Gasteiger partial charge in [-0.25, -0.2) is 4.98 Å². The number of nitrogens with zero attached hydrogens (tertiary/aromatic N) is 2. The van der Waals surface area contributed by atoms with Crippen molar-refractivity contribution in [2.24, 2.45) is 5.73 Å². The molecule has 31 heavy (non-hydrogen) atoms. The van der Waals surface area contributed by atoms with Crippen LogP contribution in [-0.4, -0.2) is 20.6 Å². The van der Waals surface area contributed by atoms with Gasteiger partial charge in [-0.1, -0.05) is 66.7 Å². The second-order valence-corrected chi connectivity index (χ2v) is 7.26. The van der Waals surface area contributed by atoms with Crippen LogP contribution in [-0.2, 0) is 22.9 Å². The maximum Gasteiger partial charge on any atom is 0.349 e. The van der Waals surface area contributed by atoms with Crippen molar-refractivity contribution in [2.75, 3.05) is 0 Å². The lowest BCUT2D eigenvalue weighted by molar-refractivity contribution is -0.143. The van der Waals surface area contributed by atoms with Crippen LogP contribution < -0.4 is 5.73 Å². The second kappa shape index (κ2) is 7.59. The average Bonchev–Trinajstić information content (AvgIpc) is 3.18. The van der Waals surface area contributed by atoms with Gasteiger partial charge in [0.2, 0.25) is 0 Å². The van der Waals surface area contributed by atoms with E-state index >= 15 is 0 Å². The number of nitrogens with two attached hydrogens (primary N) is 1. The summed E-state index contributed by atoms with van der Waals surface area (Å²) in [7, 11) is 0. The zero-order valence-corrected chi connectivity index (χ0v) is 16.8. The molecule has 5 nitrogen and oxygen atoms in total. The van der Waals surface area contributed by atoms with Crippen molar-refractivity contribution in [1.82, 2.24) is 9.55 Å². The standard InChI is InChI=1S/C24H21F2N3O2/c1-2-29-20-15-18(24(25,26)21(27)30)13-14-19(20)28-22(29)23(31,16-9-5-3-6-10-16)17-11-7-4-8-12-17/h3-15,31H,2H2,1H3,(H2,27,30). The van der Waals surface area contributed by atoms with Gasteiger partial charge in [-0.15, -0.1) is 0 Å². The first-order chi connectivity index (χ1) is 14.8. The van der Waals surface area contributed by atoms with E-state index in [4.69, 9.17) is 5.73 Å². The number of aromatic nitrogens is 2. The lowest BCUT2D eigenvalue weighted by Gasteiger charge is -2.29. The fraction of sp³-hybridized carbons (Fsp3) is 0.167. The number of halogens is 2. The molecule has 1 aromatic heterocycles. The van der Waals surface area contributed by atoms with Gasteiger partial charge in [-0.3, -0.25) is 4.79 Å². The van der Waals surface area contributed by atoms with Crippen molar-refractivity contribution < 1.29 is 18.7 Å². The van der Waals surface area contributed by atoms with Gasteiger partial charge in [-0.05, 0) is 30.2 Å². The molecule has 3 N–H and O–H groups in total. The molecular formula is C24H21F2N3O2. The normalized spacial score (nSPS) is 12.3. The number of amides is 1. The minimum Gasteiger partial charge on any atom is -0.373 e. The third-order valence-corrected chi connectivity index (χ3v) is 5.44. The number of hydrogen-bond acceptors (Lipinski definition) is 3. The monoisotopic (exact) mass is 421 g/mol. The highest BCUT2D eigenvalue weighted by Crippen LogP contribution is 2.38. The van der Waals surface area contributed by atoms with Crippen LogP contribution in [0.1, 0.15) is 29.4 Å². The lowest BCUT2D eigenvalue weighted by atomic mass is 9.85. The van der Waals surface area contributed by atoms with Crippen LogP contribution in [0.4, 0.5) is 8.78 Å². The molecule has 0 atom stereocenters. The maximum absolute atomic E-state index is 14.3. The van der Waals surface area contributed by atoms with Gasteiger partial charge in [0.25, 0.3) is 5.91 Å². The van der Waals surface area contributed by atoms with Crippen LogP contribution in [0.25, 0.3) is 11.0 Å². The van der Waals surface area contributed by atoms with E-state index in [0.717, 1.165) is 6.07 Å². The minimum absolute atomic E-state index is 0.293. The number of hydrogen-bond donors (Lipinski definition) is 2. The van der Waals surface area contributed by atoms with Crippen LogP contribution in [0, 0.1) is 0 Å². The highest BCUT2D eigenvalue weighted by molar-refractivity contribution is 5.85. The van der Waals surface area contributed by atoms with E-state index in [1.165, 1.54) is 12.1 Å². The average molecular weight is 421 g/mol. The Bertz CT molecular complexity index is 1200. The van der Waals surface area contributed by atoms with Crippen molar-refractivity contribution in [3.63, 3.8) is 0 Å². The van der Waals surface area contributed by atoms with Gasteiger partial charge >= 0.3 is 5.92 Å². The highest BCUT2D eigenvalue weighted by Gasteiger charge is 2.41. The molecule has 158 valence electrons. The Labute approximate surface area is 177 Å². The second-order valence-electron chi connectivity index (χ2n) is 7.26. The lowest BCUT2D eigenvalue weighted by Crippen LogP contribution is -2.33. The zero-order valence-electron chi connectivity index (χ0n) is 16.8. The Hall–Kier alpha value is -3.58. The number of alkyl halides is 2. The molecule has 0 saturated heterocycles. The molecule has 0 aliphatic carbocycles. The molecular weight excluding hydrogens is 400 g/mol. The number of carbonyl (C=O) groups is 1. The number of rotatable bonds is 6. The first-order valence-corrected chi connectivity index (χ1v) is 9.82. The van der Waals surface area contributed by atoms with Crippen molar-refractivity contribution in [1.29, 1.82) is 0 Å². The zero-order chi connectivity index (χ0) is 22.2. The van der Waals surface area contributed by atoms with Crippen molar-refractivity contribution >= 4 is 16.9 Å². The molecule has 7 heteroatoms. The van der Waals surface area contributed by atoms with Crippen LogP contribution in [0.5, 0.6) is 0 Å². The Morgan fingerprint density at radius 2 is 1.52 bits per heavy atom. The van der Waals surface area contributed by atoms with Gasteiger partial charge < -0.3 is 15.4 Å². The molecule has 0 saturated carbocycles. The minimum atomic E-state index is -3.81. The summed E-state index contributed by atoms with van der Waals surface area (Å²) in [5.41, 5.74) is 4.74. The van der Waals surface area contributed by atoms with Gasteiger partial charge in [0.05, 0.1) is 11.0 Å². The van der Waals surface area contributed by atoms with Crippen LogP contribution in [0.2, 0.25) is 0 Å².